The second-order valence-corrected chi connectivity index (χ2v) is 4.54. The number of carbonyl (C=O) groups is 1. The second kappa shape index (κ2) is 6.36. The highest BCUT2D eigenvalue weighted by Gasteiger charge is 2.18. The molecule has 0 fully saturated rings. The van der Waals surface area contributed by atoms with Gasteiger partial charge in [0.15, 0.2) is 0 Å². The SMILES string of the molecule is CCc1cc(C(=O)N(C)C(C)CC#N)cc(Cl)n1. The summed E-state index contributed by atoms with van der Waals surface area (Å²) >= 11 is 5.88. The second-order valence-electron chi connectivity index (χ2n) is 4.15. The molecule has 0 aromatic carbocycles. The van der Waals surface area contributed by atoms with E-state index < -0.39 is 0 Å². The summed E-state index contributed by atoms with van der Waals surface area (Å²) in [6.45, 7) is 3.79. The van der Waals surface area contributed by atoms with Gasteiger partial charge in [0, 0.05) is 24.3 Å². The van der Waals surface area contributed by atoms with E-state index in [2.05, 4.69) is 11.1 Å². The number of aromatic nitrogens is 1. The molecule has 0 saturated carbocycles. The highest BCUT2D eigenvalue weighted by molar-refractivity contribution is 6.29. The Bertz CT molecular complexity index is 482. The fourth-order valence-corrected chi connectivity index (χ4v) is 1.75. The lowest BCUT2D eigenvalue weighted by Crippen LogP contribution is -2.34. The van der Waals surface area contributed by atoms with Crippen LogP contribution >= 0.6 is 11.6 Å². The molecular formula is C13H16ClN3O. The molecule has 1 unspecified atom stereocenters. The van der Waals surface area contributed by atoms with Crippen molar-refractivity contribution >= 4 is 17.5 Å². The van der Waals surface area contributed by atoms with Crippen LogP contribution in [0.5, 0.6) is 0 Å². The van der Waals surface area contributed by atoms with Gasteiger partial charge in [-0.2, -0.15) is 5.26 Å². The number of pyridine rings is 1. The molecule has 0 N–H and O–H groups in total. The summed E-state index contributed by atoms with van der Waals surface area (Å²) in [7, 11) is 1.68. The van der Waals surface area contributed by atoms with E-state index in [1.54, 1.807) is 24.1 Å². The molecule has 0 aliphatic rings. The number of hydrogen-bond donors (Lipinski definition) is 0. The van der Waals surface area contributed by atoms with Gasteiger partial charge in [-0.3, -0.25) is 4.79 Å². The van der Waals surface area contributed by atoms with Gasteiger partial charge in [-0.25, -0.2) is 4.98 Å². The van der Waals surface area contributed by atoms with Crippen molar-refractivity contribution in [3.8, 4) is 6.07 Å². The minimum atomic E-state index is -0.142. The summed E-state index contributed by atoms with van der Waals surface area (Å²) in [5, 5.41) is 8.96. The Morgan fingerprint density at radius 1 is 1.61 bits per heavy atom. The first-order chi connectivity index (χ1) is 8.49. The average Bonchev–Trinajstić information content (AvgIpc) is 2.36. The van der Waals surface area contributed by atoms with Gasteiger partial charge in [-0.05, 0) is 25.5 Å². The molecular weight excluding hydrogens is 250 g/mol. The van der Waals surface area contributed by atoms with Crippen molar-refractivity contribution < 1.29 is 4.79 Å². The van der Waals surface area contributed by atoms with Crippen molar-refractivity contribution in [1.29, 1.82) is 5.26 Å². The Labute approximate surface area is 112 Å². The number of rotatable bonds is 4. The standard InChI is InChI=1S/C13H16ClN3O/c1-4-11-7-10(8-12(14)16-11)13(18)17(3)9(2)5-6-15/h7-9H,4-5H2,1-3H3. The van der Waals surface area contributed by atoms with Crippen molar-refractivity contribution in [2.45, 2.75) is 32.7 Å². The molecule has 0 bridgehead atoms. The summed E-state index contributed by atoms with van der Waals surface area (Å²) in [5.41, 5.74) is 1.30. The topological polar surface area (TPSA) is 57.0 Å². The molecule has 1 atom stereocenters. The van der Waals surface area contributed by atoms with Crippen LogP contribution in [0.1, 0.15) is 36.3 Å². The van der Waals surface area contributed by atoms with Crippen LogP contribution in [0, 0.1) is 11.3 Å². The first kappa shape index (κ1) is 14.5. The van der Waals surface area contributed by atoms with Gasteiger partial charge < -0.3 is 4.90 Å². The molecule has 96 valence electrons. The van der Waals surface area contributed by atoms with Crippen LogP contribution in [0.2, 0.25) is 5.15 Å². The maximum Gasteiger partial charge on any atom is 0.254 e. The monoisotopic (exact) mass is 265 g/mol. The van der Waals surface area contributed by atoms with Gasteiger partial charge in [0.1, 0.15) is 5.15 Å². The van der Waals surface area contributed by atoms with Gasteiger partial charge in [0.2, 0.25) is 0 Å². The van der Waals surface area contributed by atoms with Crippen LogP contribution in [-0.2, 0) is 6.42 Å². The fraction of sp³-hybridized carbons (Fsp3) is 0.462. The number of carbonyl (C=O) groups excluding carboxylic acids is 1. The largest absolute Gasteiger partial charge is 0.338 e. The minimum Gasteiger partial charge on any atom is -0.338 e. The number of halogens is 1. The predicted octanol–water partition coefficient (Wildman–Crippen LogP) is 2.67. The molecule has 0 radical (unpaired) electrons. The molecule has 0 saturated heterocycles. The Hall–Kier alpha value is -1.60. The summed E-state index contributed by atoms with van der Waals surface area (Å²) in [4.78, 5) is 17.9. The number of nitriles is 1. The third kappa shape index (κ3) is 3.44. The van der Waals surface area contributed by atoms with E-state index in [-0.39, 0.29) is 11.9 Å². The third-order valence-corrected chi connectivity index (χ3v) is 3.02. The van der Waals surface area contributed by atoms with E-state index in [4.69, 9.17) is 16.9 Å². The third-order valence-electron chi connectivity index (χ3n) is 2.82. The van der Waals surface area contributed by atoms with Crippen LogP contribution in [0.4, 0.5) is 0 Å². The lowest BCUT2D eigenvalue weighted by molar-refractivity contribution is 0.0746. The number of nitrogens with zero attached hydrogens (tertiary/aromatic N) is 3. The zero-order valence-corrected chi connectivity index (χ0v) is 11.5. The summed E-state index contributed by atoms with van der Waals surface area (Å²) in [6.07, 6.45) is 1.03. The van der Waals surface area contributed by atoms with Gasteiger partial charge in [-0.1, -0.05) is 18.5 Å². The molecule has 1 amide bonds. The predicted molar refractivity (Wildman–Crippen MR) is 70.4 cm³/mol. The maximum atomic E-state index is 12.2. The first-order valence-corrected chi connectivity index (χ1v) is 6.18. The molecule has 1 rings (SSSR count). The fourth-order valence-electron chi connectivity index (χ4n) is 1.53. The summed E-state index contributed by atoms with van der Waals surface area (Å²) in [5.74, 6) is -0.142. The van der Waals surface area contributed by atoms with Gasteiger partial charge >= 0.3 is 0 Å². The number of amides is 1. The van der Waals surface area contributed by atoms with Crippen molar-refractivity contribution in [3.05, 3.63) is 28.5 Å². The van der Waals surface area contributed by atoms with Crippen LogP contribution in [-0.4, -0.2) is 28.9 Å². The highest BCUT2D eigenvalue weighted by Crippen LogP contribution is 2.14. The lowest BCUT2D eigenvalue weighted by Gasteiger charge is -2.23. The Kier molecular flexibility index (Phi) is 5.11. The average molecular weight is 266 g/mol. The zero-order valence-electron chi connectivity index (χ0n) is 10.8. The molecule has 0 aliphatic carbocycles. The molecule has 18 heavy (non-hydrogen) atoms. The van der Waals surface area contributed by atoms with Crippen LogP contribution in [0.25, 0.3) is 0 Å². The normalized spacial score (nSPS) is 11.7. The molecule has 0 aliphatic heterocycles. The molecule has 5 heteroatoms. The van der Waals surface area contributed by atoms with Crippen LogP contribution < -0.4 is 0 Å². The van der Waals surface area contributed by atoms with Crippen molar-refractivity contribution in [2.75, 3.05) is 7.05 Å². The lowest BCUT2D eigenvalue weighted by atomic mass is 10.1. The Balaban J connectivity index is 2.96. The van der Waals surface area contributed by atoms with Gasteiger partial charge in [0.25, 0.3) is 5.91 Å². The van der Waals surface area contributed by atoms with E-state index in [1.807, 2.05) is 13.8 Å². The number of aryl methyl sites for hydroxylation is 1. The van der Waals surface area contributed by atoms with Crippen LogP contribution in [0.15, 0.2) is 12.1 Å². The van der Waals surface area contributed by atoms with E-state index in [0.717, 1.165) is 12.1 Å². The van der Waals surface area contributed by atoms with Crippen LogP contribution in [0.3, 0.4) is 0 Å². The molecule has 4 nitrogen and oxygen atoms in total. The number of hydrogen-bond acceptors (Lipinski definition) is 3. The smallest absolute Gasteiger partial charge is 0.254 e. The Morgan fingerprint density at radius 3 is 2.83 bits per heavy atom. The highest BCUT2D eigenvalue weighted by atomic mass is 35.5. The first-order valence-electron chi connectivity index (χ1n) is 5.80. The molecule has 1 aromatic rings. The Morgan fingerprint density at radius 2 is 2.28 bits per heavy atom. The van der Waals surface area contributed by atoms with Crippen molar-refractivity contribution in [1.82, 2.24) is 9.88 Å². The van der Waals surface area contributed by atoms with Crippen molar-refractivity contribution in [2.24, 2.45) is 0 Å². The quantitative estimate of drug-likeness (QED) is 0.787. The summed E-state index contributed by atoms with van der Waals surface area (Å²) in [6, 6.07) is 5.22. The van der Waals surface area contributed by atoms with Gasteiger partial charge in [-0.15, -0.1) is 0 Å². The summed E-state index contributed by atoms with van der Waals surface area (Å²) < 4.78 is 0. The van der Waals surface area contributed by atoms with E-state index >= 15 is 0 Å². The van der Waals surface area contributed by atoms with Gasteiger partial charge in [0.05, 0.1) is 12.5 Å². The molecule has 1 aromatic heterocycles. The van der Waals surface area contributed by atoms with Crippen molar-refractivity contribution in [3.63, 3.8) is 0 Å². The molecule has 1 heterocycles. The van der Waals surface area contributed by atoms with E-state index in [0.29, 0.717) is 17.1 Å². The zero-order chi connectivity index (χ0) is 13.7. The minimum absolute atomic E-state index is 0.125. The van der Waals surface area contributed by atoms with E-state index in [1.165, 1.54) is 0 Å². The molecule has 0 spiro atoms. The maximum absolute atomic E-state index is 12.2. The van der Waals surface area contributed by atoms with E-state index in [9.17, 15) is 4.79 Å².